The van der Waals surface area contributed by atoms with E-state index in [1.807, 2.05) is 0 Å². The average Bonchev–Trinajstić information content (AvgIpc) is 3.08. The van der Waals surface area contributed by atoms with Gasteiger partial charge in [-0.3, -0.25) is 19.9 Å². The average molecular weight is 427 g/mol. The molecule has 1 atom stereocenters. The molecule has 31 heavy (non-hydrogen) atoms. The first-order chi connectivity index (χ1) is 14.7. The van der Waals surface area contributed by atoms with E-state index >= 15 is 0 Å². The van der Waals surface area contributed by atoms with Gasteiger partial charge in [0.05, 0.1) is 19.4 Å². The zero-order valence-corrected chi connectivity index (χ0v) is 16.4. The topological polar surface area (TPSA) is 163 Å². The fourth-order valence-electron chi connectivity index (χ4n) is 3.18. The van der Waals surface area contributed by atoms with Crippen molar-refractivity contribution in [3.8, 4) is 5.75 Å². The molecule has 1 fully saturated rings. The number of carboxylic acids is 2. The van der Waals surface area contributed by atoms with Crippen molar-refractivity contribution < 1.29 is 34.1 Å². The van der Waals surface area contributed by atoms with Gasteiger partial charge in [0.25, 0.3) is 0 Å². The maximum absolute atomic E-state index is 12.2. The number of hydrogen-bond donors (Lipinski definition) is 4. The van der Waals surface area contributed by atoms with Crippen molar-refractivity contribution in [2.24, 2.45) is 5.73 Å². The zero-order chi connectivity index (χ0) is 22.5. The second-order valence-electron chi connectivity index (χ2n) is 6.96. The Morgan fingerprint density at radius 3 is 2.35 bits per heavy atom. The van der Waals surface area contributed by atoms with Crippen LogP contribution in [-0.2, 0) is 27.2 Å². The number of ether oxygens (including phenoxy) is 2. The van der Waals surface area contributed by atoms with Gasteiger partial charge in [0, 0.05) is 11.3 Å². The number of anilines is 1. The Kier molecular flexibility index (Phi) is 6.39. The number of aliphatic carboxylic acids is 2. The SMILES string of the molecule is N=C(N)c1ccc(N2CC(COc3ccc(CC(=O)O)c(CC(=O)O)c3)OC2=O)cc1. The van der Waals surface area contributed by atoms with Gasteiger partial charge in [0.1, 0.15) is 18.2 Å². The van der Waals surface area contributed by atoms with Gasteiger partial charge in [-0.1, -0.05) is 6.07 Å². The summed E-state index contributed by atoms with van der Waals surface area (Å²) in [5.41, 5.74) is 7.32. The number of amidine groups is 1. The summed E-state index contributed by atoms with van der Waals surface area (Å²) in [4.78, 5) is 35.7. The predicted octanol–water partition coefficient (Wildman–Crippen LogP) is 1.63. The second kappa shape index (κ2) is 9.16. The molecule has 10 nitrogen and oxygen atoms in total. The van der Waals surface area contributed by atoms with E-state index in [0.29, 0.717) is 28.1 Å². The minimum atomic E-state index is -1.08. The van der Waals surface area contributed by atoms with Crippen molar-refractivity contribution in [1.29, 1.82) is 5.41 Å². The van der Waals surface area contributed by atoms with Crippen LogP contribution in [0.1, 0.15) is 16.7 Å². The molecule has 1 saturated heterocycles. The van der Waals surface area contributed by atoms with Crippen LogP contribution in [0.3, 0.4) is 0 Å². The van der Waals surface area contributed by atoms with Gasteiger partial charge in [-0.2, -0.15) is 0 Å². The van der Waals surface area contributed by atoms with Crippen molar-refractivity contribution >= 4 is 29.6 Å². The van der Waals surface area contributed by atoms with Gasteiger partial charge in [-0.15, -0.1) is 0 Å². The third-order valence-electron chi connectivity index (χ3n) is 4.66. The highest BCUT2D eigenvalue weighted by Crippen LogP contribution is 2.24. The number of cyclic esters (lactones) is 1. The van der Waals surface area contributed by atoms with Crippen molar-refractivity contribution in [2.75, 3.05) is 18.1 Å². The van der Waals surface area contributed by atoms with Crippen molar-refractivity contribution in [3.63, 3.8) is 0 Å². The normalized spacial score (nSPS) is 15.4. The molecule has 0 aromatic heterocycles. The molecule has 3 rings (SSSR count). The van der Waals surface area contributed by atoms with Gasteiger partial charge < -0.3 is 25.4 Å². The van der Waals surface area contributed by atoms with Crippen LogP contribution in [0.15, 0.2) is 42.5 Å². The molecule has 2 aromatic carbocycles. The van der Waals surface area contributed by atoms with Crippen molar-refractivity contribution in [2.45, 2.75) is 18.9 Å². The molecule has 1 unspecified atom stereocenters. The van der Waals surface area contributed by atoms with E-state index in [-0.39, 0.29) is 31.8 Å². The second-order valence-corrected chi connectivity index (χ2v) is 6.96. The number of carbonyl (C=O) groups is 3. The van der Waals surface area contributed by atoms with Crippen LogP contribution in [-0.4, -0.2) is 53.3 Å². The molecule has 0 saturated carbocycles. The van der Waals surface area contributed by atoms with Crippen LogP contribution < -0.4 is 15.4 Å². The van der Waals surface area contributed by atoms with E-state index < -0.39 is 24.1 Å². The summed E-state index contributed by atoms with van der Waals surface area (Å²) in [6.07, 6.45) is -1.71. The monoisotopic (exact) mass is 427 g/mol. The molecule has 1 aliphatic rings. The van der Waals surface area contributed by atoms with E-state index in [2.05, 4.69) is 0 Å². The summed E-state index contributed by atoms with van der Waals surface area (Å²) >= 11 is 0. The Balaban J connectivity index is 1.64. The Hall–Kier alpha value is -4.08. The highest BCUT2D eigenvalue weighted by Gasteiger charge is 2.32. The smallest absolute Gasteiger partial charge is 0.414 e. The maximum Gasteiger partial charge on any atom is 0.414 e. The summed E-state index contributed by atoms with van der Waals surface area (Å²) in [5.74, 6) is -1.86. The number of nitrogens with zero attached hydrogens (tertiary/aromatic N) is 1. The summed E-state index contributed by atoms with van der Waals surface area (Å²) in [7, 11) is 0. The largest absolute Gasteiger partial charge is 0.490 e. The van der Waals surface area contributed by atoms with Crippen LogP contribution in [0.2, 0.25) is 0 Å². The summed E-state index contributed by atoms with van der Waals surface area (Å²) in [5, 5.41) is 25.5. The molecule has 162 valence electrons. The Morgan fingerprint density at radius 1 is 1.10 bits per heavy atom. The lowest BCUT2D eigenvalue weighted by Gasteiger charge is -2.14. The maximum atomic E-state index is 12.2. The number of benzene rings is 2. The summed E-state index contributed by atoms with van der Waals surface area (Å²) in [6, 6.07) is 11.2. The van der Waals surface area contributed by atoms with Gasteiger partial charge >= 0.3 is 18.0 Å². The van der Waals surface area contributed by atoms with E-state index in [9.17, 15) is 14.4 Å². The molecular formula is C21H21N3O7. The fourth-order valence-corrected chi connectivity index (χ4v) is 3.18. The van der Waals surface area contributed by atoms with Crippen LogP contribution in [0, 0.1) is 5.41 Å². The molecule has 0 spiro atoms. The van der Waals surface area contributed by atoms with Crippen LogP contribution in [0.4, 0.5) is 10.5 Å². The number of nitrogens with one attached hydrogen (secondary N) is 1. The van der Waals surface area contributed by atoms with Crippen LogP contribution in [0.5, 0.6) is 5.75 Å². The lowest BCUT2D eigenvalue weighted by molar-refractivity contribution is -0.137. The highest BCUT2D eigenvalue weighted by molar-refractivity contribution is 5.96. The van der Waals surface area contributed by atoms with Gasteiger partial charge in [0.2, 0.25) is 0 Å². The third-order valence-corrected chi connectivity index (χ3v) is 4.66. The number of carbonyl (C=O) groups excluding carboxylic acids is 1. The Morgan fingerprint density at radius 2 is 1.74 bits per heavy atom. The van der Waals surface area contributed by atoms with Crippen molar-refractivity contribution in [1.82, 2.24) is 0 Å². The summed E-state index contributed by atoms with van der Waals surface area (Å²) < 4.78 is 11.0. The number of hydrogen-bond acceptors (Lipinski definition) is 6. The summed E-state index contributed by atoms with van der Waals surface area (Å²) in [6.45, 7) is 0.288. The predicted molar refractivity (Wildman–Crippen MR) is 110 cm³/mol. The van der Waals surface area contributed by atoms with Crippen molar-refractivity contribution in [3.05, 3.63) is 59.2 Å². The molecule has 2 aromatic rings. The number of nitrogens with two attached hydrogens (primary N) is 1. The van der Waals surface area contributed by atoms with E-state index in [0.717, 1.165) is 0 Å². The highest BCUT2D eigenvalue weighted by atomic mass is 16.6. The lowest BCUT2D eigenvalue weighted by Crippen LogP contribution is -2.26. The quantitative estimate of drug-likeness (QED) is 0.346. The first kappa shape index (κ1) is 21.6. The molecule has 1 heterocycles. The van der Waals surface area contributed by atoms with E-state index in [1.165, 1.54) is 17.0 Å². The van der Waals surface area contributed by atoms with Gasteiger partial charge in [0.15, 0.2) is 6.10 Å². The first-order valence-corrected chi connectivity index (χ1v) is 9.33. The minimum Gasteiger partial charge on any atom is -0.490 e. The van der Waals surface area contributed by atoms with E-state index in [4.69, 9.17) is 30.8 Å². The Labute approximate surface area is 177 Å². The molecule has 0 bridgehead atoms. The zero-order valence-electron chi connectivity index (χ0n) is 16.4. The number of amides is 1. The molecule has 1 amide bonds. The number of nitrogen functional groups attached to an aromatic ring is 1. The molecule has 5 N–H and O–H groups in total. The standard InChI is InChI=1S/C21H21N3O7/c22-20(23)12-1-4-15(5-2-12)24-10-17(31-21(24)29)11-30-16-6-3-13(8-18(25)26)14(7-16)9-19(27)28/h1-7,17H,8-11H2,(H3,22,23)(H,25,26)(H,27,28). The van der Waals surface area contributed by atoms with E-state index in [1.54, 1.807) is 30.3 Å². The first-order valence-electron chi connectivity index (χ1n) is 9.33. The molecule has 0 aliphatic carbocycles. The third kappa shape index (κ3) is 5.50. The van der Waals surface area contributed by atoms with Gasteiger partial charge in [-0.05, 0) is 47.5 Å². The van der Waals surface area contributed by atoms with Gasteiger partial charge in [-0.25, -0.2) is 4.79 Å². The molecule has 0 radical (unpaired) electrons. The van der Waals surface area contributed by atoms with Crippen LogP contribution in [0.25, 0.3) is 0 Å². The number of rotatable bonds is 9. The lowest BCUT2D eigenvalue weighted by atomic mass is 10.0. The molecule has 1 aliphatic heterocycles. The molecular weight excluding hydrogens is 406 g/mol. The van der Waals surface area contributed by atoms with Crippen LogP contribution >= 0.6 is 0 Å². The fraction of sp³-hybridized carbons (Fsp3) is 0.238. The Bertz CT molecular complexity index is 1020. The minimum absolute atomic E-state index is 0.0402. The molecule has 10 heteroatoms. The number of carboxylic acid groups (broad SMARTS) is 2.